The van der Waals surface area contributed by atoms with Crippen LogP contribution in [0.5, 0.6) is 0 Å². The molecule has 0 aliphatic heterocycles. The van der Waals surface area contributed by atoms with E-state index in [1.807, 2.05) is 4.68 Å². The summed E-state index contributed by atoms with van der Waals surface area (Å²) in [6.07, 6.45) is 5.89. The number of hydrogen-bond acceptors (Lipinski definition) is 4. The van der Waals surface area contributed by atoms with Crippen LogP contribution < -0.4 is 5.32 Å². The average Bonchev–Trinajstić information content (AvgIpc) is 3.04. The minimum absolute atomic E-state index is 0.0560. The SMILES string of the molecule is CCC(NC(=O)c1ccc(Cl)cc1)[C@@H]1C2=C[C@@H](n3cc(CO)nn3)C[C@H]21. The van der Waals surface area contributed by atoms with Gasteiger partial charge in [0.25, 0.3) is 5.91 Å². The summed E-state index contributed by atoms with van der Waals surface area (Å²) in [6.45, 7) is 2.01. The van der Waals surface area contributed by atoms with Gasteiger partial charge in [0.1, 0.15) is 5.69 Å². The first-order valence-electron chi connectivity index (χ1n) is 8.90. The van der Waals surface area contributed by atoms with Crippen molar-refractivity contribution in [2.24, 2.45) is 11.8 Å². The van der Waals surface area contributed by atoms with E-state index in [9.17, 15) is 4.79 Å². The predicted octanol–water partition coefficient (Wildman–Crippen LogP) is 2.75. The van der Waals surface area contributed by atoms with Gasteiger partial charge in [-0.25, -0.2) is 4.68 Å². The molecule has 1 saturated carbocycles. The molecule has 2 aliphatic carbocycles. The number of carbonyl (C=O) groups is 1. The van der Waals surface area contributed by atoms with E-state index in [4.69, 9.17) is 16.7 Å². The Hall–Kier alpha value is -2.18. The van der Waals surface area contributed by atoms with Crippen LogP contribution in [0, 0.1) is 11.8 Å². The van der Waals surface area contributed by atoms with Crippen LogP contribution in [0.3, 0.4) is 0 Å². The smallest absolute Gasteiger partial charge is 0.251 e. The van der Waals surface area contributed by atoms with Gasteiger partial charge in [0, 0.05) is 22.5 Å². The van der Waals surface area contributed by atoms with Crippen molar-refractivity contribution in [1.29, 1.82) is 0 Å². The molecular formula is C19H21ClN4O2. The van der Waals surface area contributed by atoms with E-state index in [0.717, 1.165) is 12.8 Å². The van der Waals surface area contributed by atoms with Gasteiger partial charge in [-0.15, -0.1) is 5.10 Å². The second-order valence-corrected chi connectivity index (χ2v) is 7.38. The molecule has 1 unspecified atom stereocenters. The van der Waals surface area contributed by atoms with Crippen molar-refractivity contribution in [2.45, 2.75) is 38.5 Å². The van der Waals surface area contributed by atoms with Crippen LogP contribution >= 0.6 is 11.6 Å². The lowest BCUT2D eigenvalue weighted by Gasteiger charge is -2.19. The Bertz CT molecular complexity index is 845. The third-order valence-corrected chi connectivity index (χ3v) is 5.63. The van der Waals surface area contributed by atoms with Crippen LogP contribution in [-0.4, -0.2) is 32.0 Å². The first-order chi connectivity index (χ1) is 12.6. The molecular weight excluding hydrogens is 352 g/mol. The summed E-state index contributed by atoms with van der Waals surface area (Å²) in [7, 11) is 0. The lowest BCUT2D eigenvalue weighted by molar-refractivity contribution is 0.0930. The molecule has 7 heteroatoms. The van der Waals surface area contributed by atoms with Crippen LogP contribution in [0.4, 0.5) is 0 Å². The minimum atomic E-state index is -0.0933. The third-order valence-electron chi connectivity index (χ3n) is 5.37. The number of aromatic nitrogens is 3. The van der Waals surface area contributed by atoms with Crippen LogP contribution in [-0.2, 0) is 6.61 Å². The van der Waals surface area contributed by atoms with Crippen LogP contribution in [0.1, 0.15) is 41.9 Å². The van der Waals surface area contributed by atoms with E-state index in [2.05, 4.69) is 28.6 Å². The van der Waals surface area contributed by atoms with Crippen molar-refractivity contribution in [3.05, 3.63) is 58.4 Å². The maximum atomic E-state index is 12.5. The van der Waals surface area contributed by atoms with Gasteiger partial charge in [-0.2, -0.15) is 0 Å². The number of nitrogens with zero attached hydrogens (tertiary/aromatic N) is 3. The van der Waals surface area contributed by atoms with Gasteiger partial charge in [0.2, 0.25) is 0 Å². The molecule has 0 saturated heterocycles. The summed E-state index contributed by atoms with van der Waals surface area (Å²) in [6, 6.07) is 7.29. The summed E-state index contributed by atoms with van der Waals surface area (Å²) in [5, 5.41) is 20.9. The van der Waals surface area contributed by atoms with Crippen LogP contribution in [0.25, 0.3) is 0 Å². The Labute approximate surface area is 156 Å². The molecule has 1 aromatic carbocycles. The predicted molar refractivity (Wildman–Crippen MR) is 97.7 cm³/mol. The highest BCUT2D eigenvalue weighted by molar-refractivity contribution is 6.30. The molecule has 6 nitrogen and oxygen atoms in total. The zero-order chi connectivity index (χ0) is 18.3. The summed E-state index contributed by atoms with van der Waals surface area (Å²) in [5.74, 6) is 0.852. The van der Waals surface area contributed by atoms with Gasteiger partial charge in [-0.1, -0.05) is 35.4 Å². The molecule has 136 valence electrons. The van der Waals surface area contributed by atoms with E-state index in [0.29, 0.717) is 28.1 Å². The zero-order valence-electron chi connectivity index (χ0n) is 14.5. The molecule has 0 radical (unpaired) electrons. The van der Waals surface area contributed by atoms with Crippen LogP contribution in [0.15, 0.2) is 42.1 Å². The maximum absolute atomic E-state index is 12.5. The van der Waals surface area contributed by atoms with Crippen LogP contribution in [0.2, 0.25) is 5.02 Å². The Morgan fingerprint density at radius 1 is 1.42 bits per heavy atom. The minimum Gasteiger partial charge on any atom is -0.390 e. The molecule has 1 aromatic heterocycles. The Morgan fingerprint density at radius 3 is 2.77 bits per heavy atom. The van der Waals surface area contributed by atoms with Crippen molar-refractivity contribution < 1.29 is 9.90 Å². The monoisotopic (exact) mass is 372 g/mol. The average molecular weight is 373 g/mol. The van der Waals surface area contributed by atoms with Gasteiger partial charge in [-0.3, -0.25) is 4.79 Å². The zero-order valence-corrected chi connectivity index (χ0v) is 15.2. The third kappa shape index (κ3) is 3.15. The molecule has 4 atom stereocenters. The Morgan fingerprint density at radius 2 is 2.19 bits per heavy atom. The molecule has 1 amide bonds. The summed E-state index contributed by atoms with van der Waals surface area (Å²) < 4.78 is 1.81. The normalized spacial score (nSPS) is 24.7. The molecule has 4 rings (SSSR count). The number of amides is 1. The number of nitrogens with one attached hydrogen (secondary N) is 1. The first kappa shape index (κ1) is 17.2. The van der Waals surface area contributed by atoms with E-state index >= 15 is 0 Å². The topological polar surface area (TPSA) is 80.0 Å². The van der Waals surface area contributed by atoms with Crippen molar-refractivity contribution >= 4 is 17.5 Å². The van der Waals surface area contributed by atoms with E-state index in [-0.39, 0.29) is 24.6 Å². The highest BCUT2D eigenvalue weighted by Crippen LogP contribution is 2.58. The van der Waals surface area contributed by atoms with Crippen molar-refractivity contribution in [3.8, 4) is 0 Å². The number of aliphatic hydroxyl groups is 1. The molecule has 26 heavy (non-hydrogen) atoms. The second kappa shape index (κ2) is 6.85. The summed E-state index contributed by atoms with van der Waals surface area (Å²) >= 11 is 5.88. The van der Waals surface area contributed by atoms with Crippen molar-refractivity contribution in [3.63, 3.8) is 0 Å². The molecule has 0 spiro atoms. The lowest BCUT2D eigenvalue weighted by Crippen LogP contribution is -2.36. The Kier molecular flexibility index (Phi) is 4.54. The quantitative estimate of drug-likeness (QED) is 0.764. The first-order valence-corrected chi connectivity index (χ1v) is 9.28. The number of carbonyl (C=O) groups excluding carboxylic acids is 1. The second-order valence-electron chi connectivity index (χ2n) is 6.95. The number of benzene rings is 1. The van der Waals surface area contributed by atoms with Gasteiger partial charge in [-0.05, 0) is 43.0 Å². The standard InChI is InChI=1S/C19H21ClN4O2/c1-2-17(21-19(26)11-3-5-12(20)6-4-11)18-15-7-14(8-16(15)18)24-9-13(10-25)22-23-24/h3-7,9,14,16-18,25H,2,8,10H2,1H3,(H,21,26)/t14-,16-,17?,18-/m1/s1. The number of hydrogen-bond donors (Lipinski definition) is 2. The number of halogens is 1. The maximum Gasteiger partial charge on any atom is 0.251 e. The fourth-order valence-corrected chi connectivity index (χ4v) is 4.10. The van der Waals surface area contributed by atoms with E-state index < -0.39 is 0 Å². The van der Waals surface area contributed by atoms with Gasteiger partial charge in [0.15, 0.2) is 0 Å². The van der Waals surface area contributed by atoms with Gasteiger partial charge in [0.05, 0.1) is 18.8 Å². The largest absolute Gasteiger partial charge is 0.390 e. The van der Waals surface area contributed by atoms with E-state index in [1.165, 1.54) is 5.57 Å². The molecule has 2 N–H and O–H groups in total. The fourth-order valence-electron chi connectivity index (χ4n) is 3.97. The lowest BCUT2D eigenvalue weighted by atomic mass is 10.0. The highest BCUT2D eigenvalue weighted by atomic mass is 35.5. The fraction of sp³-hybridized carbons (Fsp3) is 0.421. The van der Waals surface area contributed by atoms with E-state index in [1.54, 1.807) is 30.5 Å². The van der Waals surface area contributed by atoms with Gasteiger partial charge >= 0.3 is 0 Å². The van der Waals surface area contributed by atoms with Gasteiger partial charge < -0.3 is 10.4 Å². The molecule has 1 fully saturated rings. The Balaban J connectivity index is 1.41. The number of allylic oxidation sites excluding steroid dienone is 1. The van der Waals surface area contributed by atoms with Crippen molar-refractivity contribution in [1.82, 2.24) is 20.3 Å². The number of rotatable bonds is 6. The molecule has 2 aromatic rings. The number of fused-ring (bicyclic) bond motifs is 1. The molecule has 1 heterocycles. The number of aliphatic hydroxyl groups excluding tert-OH is 1. The van der Waals surface area contributed by atoms with Crippen molar-refractivity contribution in [2.75, 3.05) is 0 Å². The molecule has 0 bridgehead atoms. The molecule has 2 aliphatic rings. The summed E-state index contributed by atoms with van der Waals surface area (Å²) in [4.78, 5) is 12.5. The summed E-state index contributed by atoms with van der Waals surface area (Å²) in [5.41, 5.74) is 2.62. The highest BCUT2D eigenvalue weighted by Gasteiger charge is 2.53.